The maximum absolute atomic E-state index is 10.3. The van der Waals surface area contributed by atoms with E-state index in [-0.39, 0.29) is 0 Å². The van der Waals surface area contributed by atoms with E-state index in [1.165, 1.54) is 4.88 Å². The lowest BCUT2D eigenvalue weighted by Gasteiger charge is -2.33. The SMILES string of the molecule is CC(O)(CNCc1cncs1)CN1CCOCC1. The summed E-state index contributed by atoms with van der Waals surface area (Å²) in [7, 11) is 0. The van der Waals surface area contributed by atoms with Crippen molar-refractivity contribution >= 4 is 11.3 Å². The van der Waals surface area contributed by atoms with Crippen LogP contribution in [-0.2, 0) is 11.3 Å². The summed E-state index contributed by atoms with van der Waals surface area (Å²) in [4.78, 5) is 7.46. The Morgan fingerprint density at radius 3 is 3.00 bits per heavy atom. The van der Waals surface area contributed by atoms with Gasteiger partial charge in [-0.3, -0.25) is 9.88 Å². The summed E-state index contributed by atoms with van der Waals surface area (Å²) in [5.41, 5.74) is 1.12. The Kier molecular flexibility index (Phi) is 5.08. The molecule has 1 aromatic rings. The van der Waals surface area contributed by atoms with Crippen molar-refractivity contribution in [3.63, 3.8) is 0 Å². The van der Waals surface area contributed by atoms with Gasteiger partial charge in [0.25, 0.3) is 0 Å². The molecular formula is C12H21N3O2S. The lowest BCUT2D eigenvalue weighted by atomic mass is 10.1. The van der Waals surface area contributed by atoms with Crippen molar-refractivity contribution in [1.82, 2.24) is 15.2 Å². The predicted octanol–water partition coefficient (Wildman–Crippen LogP) is 0.316. The second-order valence-corrected chi connectivity index (χ2v) is 5.93. The smallest absolute Gasteiger partial charge is 0.0869 e. The number of rotatable bonds is 6. The van der Waals surface area contributed by atoms with Crippen molar-refractivity contribution in [3.8, 4) is 0 Å². The van der Waals surface area contributed by atoms with Gasteiger partial charge in [0, 0.05) is 43.8 Å². The van der Waals surface area contributed by atoms with Crippen LogP contribution in [-0.4, -0.2) is 60.0 Å². The van der Waals surface area contributed by atoms with Crippen molar-refractivity contribution in [3.05, 3.63) is 16.6 Å². The molecule has 102 valence electrons. The molecule has 0 radical (unpaired) electrons. The number of aromatic nitrogens is 1. The third-order valence-corrected chi connectivity index (χ3v) is 3.74. The molecule has 0 aliphatic carbocycles. The first kappa shape index (κ1) is 13.9. The number of β-amino-alcohol motifs (C(OH)–C–C–N with tert-alkyl or cyclic N) is 1. The Labute approximate surface area is 112 Å². The lowest BCUT2D eigenvalue weighted by Crippen LogP contribution is -2.50. The Hall–Kier alpha value is -0.530. The molecule has 5 nitrogen and oxygen atoms in total. The molecule has 0 amide bonds. The highest BCUT2D eigenvalue weighted by molar-refractivity contribution is 7.09. The largest absolute Gasteiger partial charge is 0.388 e. The predicted molar refractivity (Wildman–Crippen MR) is 71.7 cm³/mol. The maximum atomic E-state index is 10.3. The van der Waals surface area contributed by atoms with E-state index in [1.54, 1.807) is 11.3 Å². The highest BCUT2D eigenvalue weighted by Crippen LogP contribution is 2.09. The molecule has 2 heterocycles. The highest BCUT2D eigenvalue weighted by Gasteiger charge is 2.24. The third-order valence-electron chi connectivity index (χ3n) is 2.96. The topological polar surface area (TPSA) is 57.6 Å². The molecule has 1 aliphatic heterocycles. The zero-order valence-corrected chi connectivity index (χ0v) is 11.6. The van der Waals surface area contributed by atoms with Crippen molar-refractivity contribution in [2.45, 2.75) is 19.1 Å². The van der Waals surface area contributed by atoms with Crippen LogP contribution >= 0.6 is 11.3 Å². The molecule has 1 fully saturated rings. The first-order valence-corrected chi connectivity index (χ1v) is 7.14. The van der Waals surface area contributed by atoms with Crippen LogP contribution in [0.2, 0.25) is 0 Å². The number of hydrogen-bond acceptors (Lipinski definition) is 6. The maximum Gasteiger partial charge on any atom is 0.0869 e. The number of morpholine rings is 1. The van der Waals surface area contributed by atoms with Gasteiger partial charge in [-0.1, -0.05) is 0 Å². The minimum absolute atomic E-state index is 0.586. The van der Waals surface area contributed by atoms with Crippen LogP contribution in [0.1, 0.15) is 11.8 Å². The van der Waals surface area contributed by atoms with Gasteiger partial charge in [0.05, 0.1) is 24.3 Å². The standard InChI is InChI=1S/C12H21N3O2S/c1-12(16,9-15-2-4-17-5-3-15)8-13-6-11-7-14-10-18-11/h7,10,13,16H,2-6,8-9H2,1H3. The van der Waals surface area contributed by atoms with Gasteiger partial charge in [-0.15, -0.1) is 11.3 Å². The molecule has 0 bridgehead atoms. The van der Waals surface area contributed by atoms with Gasteiger partial charge in [-0.2, -0.15) is 0 Å². The Balaban J connectivity index is 1.69. The van der Waals surface area contributed by atoms with Crippen LogP contribution in [0.3, 0.4) is 0 Å². The van der Waals surface area contributed by atoms with Gasteiger partial charge in [-0.25, -0.2) is 0 Å². The summed E-state index contributed by atoms with van der Waals surface area (Å²) in [5, 5.41) is 13.6. The van der Waals surface area contributed by atoms with Gasteiger partial charge in [0.15, 0.2) is 0 Å². The number of nitrogens with zero attached hydrogens (tertiary/aromatic N) is 2. The van der Waals surface area contributed by atoms with Gasteiger partial charge in [-0.05, 0) is 6.92 Å². The second-order valence-electron chi connectivity index (χ2n) is 4.96. The molecule has 1 unspecified atom stereocenters. The molecule has 0 saturated carbocycles. The average Bonchev–Trinajstić information content (AvgIpc) is 2.82. The molecule has 2 rings (SSSR count). The fourth-order valence-corrected chi connectivity index (χ4v) is 2.65. The minimum atomic E-state index is -0.706. The Morgan fingerprint density at radius 2 is 2.33 bits per heavy atom. The number of aliphatic hydroxyl groups is 1. The molecule has 0 spiro atoms. The first-order valence-electron chi connectivity index (χ1n) is 6.26. The first-order chi connectivity index (χ1) is 8.66. The fourth-order valence-electron chi connectivity index (χ4n) is 2.08. The van der Waals surface area contributed by atoms with Crippen LogP contribution in [0.5, 0.6) is 0 Å². The number of hydrogen-bond donors (Lipinski definition) is 2. The van der Waals surface area contributed by atoms with E-state index in [9.17, 15) is 5.11 Å². The third kappa shape index (κ3) is 4.62. The summed E-state index contributed by atoms with van der Waals surface area (Å²) in [6, 6.07) is 0. The lowest BCUT2D eigenvalue weighted by molar-refractivity contribution is -0.0219. The van der Waals surface area contributed by atoms with Crippen LogP contribution in [0.4, 0.5) is 0 Å². The molecule has 1 aromatic heterocycles. The molecule has 1 atom stereocenters. The molecule has 1 saturated heterocycles. The number of ether oxygens (including phenoxy) is 1. The van der Waals surface area contributed by atoms with Crippen molar-refractivity contribution in [2.24, 2.45) is 0 Å². The molecular weight excluding hydrogens is 250 g/mol. The van der Waals surface area contributed by atoms with E-state index in [1.807, 2.05) is 18.6 Å². The zero-order valence-electron chi connectivity index (χ0n) is 10.8. The van der Waals surface area contributed by atoms with Crippen LogP contribution < -0.4 is 5.32 Å². The van der Waals surface area contributed by atoms with E-state index in [2.05, 4.69) is 15.2 Å². The van der Waals surface area contributed by atoms with Gasteiger partial charge >= 0.3 is 0 Å². The van der Waals surface area contributed by atoms with Crippen LogP contribution in [0.25, 0.3) is 0 Å². The molecule has 0 aromatic carbocycles. The quantitative estimate of drug-likeness (QED) is 0.780. The highest BCUT2D eigenvalue weighted by atomic mass is 32.1. The minimum Gasteiger partial charge on any atom is -0.388 e. The van der Waals surface area contributed by atoms with E-state index in [0.717, 1.165) is 32.8 Å². The Bertz CT molecular complexity index is 337. The summed E-state index contributed by atoms with van der Waals surface area (Å²) in [6.45, 7) is 7.27. The average molecular weight is 271 g/mol. The van der Waals surface area contributed by atoms with Crippen LogP contribution in [0.15, 0.2) is 11.7 Å². The second kappa shape index (κ2) is 6.58. The number of nitrogens with one attached hydrogen (secondary N) is 1. The molecule has 1 aliphatic rings. The van der Waals surface area contributed by atoms with E-state index in [0.29, 0.717) is 13.1 Å². The molecule has 2 N–H and O–H groups in total. The molecule has 18 heavy (non-hydrogen) atoms. The van der Waals surface area contributed by atoms with E-state index in [4.69, 9.17) is 4.74 Å². The summed E-state index contributed by atoms with van der Waals surface area (Å²) < 4.78 is 5.30. The monoisotopic (exact) mass is 271 g/mol. The Morgan fingerprint density at radius 1 is 1.56 bits per heavy atom. The van der Waals surface area contributed by atoms with E-state index < -0.39 is 5.60 Å². The normalized spacial score (nSPS) is 20.8. The van der Waals surface area contributed by atoms with Crippen molar-refractivity contribution in [1.29, 1.82) is 0 Å². The summed E-state index contributed by atoms with van der Waals surface area (Å²) in [5.74, 6) is 0. The molecule has 6 heteroatoms. The van der Waals surface area contributed by atoms with Crippen LogP contribution in [0, 0.1) is 0 Å². The van der Waals surface area contributed by atoms with Gasteiger partial charge in [0.1, 0.15) is 0 Å². The van der Waals surface area contributed by atoms with Gasteiger partial charge < -0.3 is 15.2 Å². The fraction of sp³-hybridized carbons (Fsp3) is 0.750. The van der Waals surface area contributed by atoms with Gasteiger partial charge in [0.2, 0.25) is 0 Å². The summed E-state index contributed by atoms with van der Waals surface area (Å²) >= 11 is 1.63. The van der Waals surface area contributed by atoms with Crippen molar-refractivity contribution in [2.75, 3.05) is 39.4 Å². The van der Waals surface area contributed by atoms with E-state index >= 15 is 0 Å². The summed E-state index contributed by atoms with van der Waals surface area (Å²) in [6.07, 6.45) is 1.86. The number of thiazole rings is 1. The van der Waals surface area contributed by atoms with Crippen molar-refractivity contribution < 1.29 is 9.84 Å². The zero-order chi connectivity index (χ0) is 12.8.